The molecule has 2 aromatic carbocycles. The van der Waals surface area contributed by atoms with E-state index in [9.17, 15) is 13.2 Å². The first-order valence-electron chi connectivity index (χ1n) is 9.19. The van der Waals surface area contributed by atoms with Crippen LogP contribution in [0.15, 0.2) is 48.5 Å². The number of rotatable bonds is 7. The third-order valence-corrected chi connectivity index (χ3v) is 6.58. The standard InChI is InChI=1S/C20H23ClN2O4S/c1-2-28(25,26)23-14-19(27-18-8-4-3-7-17(18)23)20(24)22-13-5-6-15-9-11-16(21)12-10-15/h3-4,7-12,19H,2,5-6,13-14H2,1H3,(H,22,24)/t19-/m0/s1. The Kier molecular flexibility index (Phi) is 6.46. The molecule has 1 aliphatic heterocycles. The number of ether oxygens (including phenoxy) is 1. The number of aryl methyl sites for hydroxylation is 1. The zero-order valence-electron chi connectivity index (χ0n) is 15.6. The molecule has 1 aliphatic rings. The van der Waals surface area contributed by atoms with Gasteiger partial charge in [0.25, 0.3) is 5.91 Å². The maximum absolute atomic E-state index is 12.5. The van der Waals surface area contributed by atoms with Crippen LogP contribution in [-0.2, 0) is 21.2 Å². The van der Waals surface area contributed by atoms with Crippen molar-refractivity contribution in [2.45, 2.75) is 25.9 Å². The monoisotopic (exact) mass is 422 g/mol. The molecule has 0 saturated heterocycles. The van der Waals surface area contributed by atoms with Crippen molar-refractivity contribution in [1.29, 1.82) is 0 Å². The van der Waals surface area contributed by atoms with Gasteiger partial charge in [0.05, 0.1) is 18.0 Å². The number of sulfonamides is 1. The number of para-hydroxylation sites is 2. The molecule has 0 spiro atoms. The van der Waals surface area contributed by atoms with E-state index in [0.717, 1.165) is 18.4 Å². The molecule has 28 heavy (non-hydrogen) atoms. The van der Waals surface area contributed by atoms with Gasteiger partial charge in [0, 0.05) is 11.6 Å². The average molecular weight is 423 g/mol. The van der Waals surface area contributed by atoms with E-state index < -0.39 is 16.1 Å². The first-order valence-corrected chi connectivity index (χ1v) is 11.2. The highest BCUT2D eigenvalue weighted by Crippen LogP contribution is 2.35. The van der Waals surface area contributed by atoms with Crippen LogP contribution in [0.25, 0.3) is 0 Å². The smallest absolute Gasteiger partial charge is 0.263 e. The molecule has 1 N–H and O–H groups in total. The van der Waals surface area contributed by atoms with Gasteiger partial charge < -0.3 is 10.1 Å². The Labute approximate surface area is 170 Å². The van der Waals surface area contributed by atoms with Gasteiger partial charge in [0.15, 0.2) is 6.10 Å². The predicted octanol–water partition coefficient (Wildman–Crippen LogP) is 3.01. The summed E-state index contributed by atoms with van der Waals surface area (Å²) < 4.78 is 31.9. The molecule has 3 rings (SSSR count). The summed E-state index contributed by atoms with van der Waals surface area (Å²) in [7, 11) is -3.50. The molecule has 0 aliphatic carbocycles. The number of benzene rings is 2. The van der Waals surface area contributed by atoms with Crippen molar-refractivity contribution in [2.75, 3.05) is 23.1 Å². The van der Waals surface area contributed by atoms with Gasteiger partial charge in [-0.25, -0.2) is 8.42 Å². The average Bonchev–Trinajstić information content (AvgIpc) is 2.71. The lowest BCUT2D eigenvalue weighted by molar-refractivity contribution is -0.127. The van der Waals surface area contributed by atoms with Crippen LogP contribution in [0.5, 0.6) is 5.75 Å². The molecule has 0 unspecified atom stereocenters. The van der Waals surface area contributed by atoms with Crippen LogP contribution in [0.2, 0.25) is 5.02 Å². The van der Waals surface area contributed by atoms with Crippen molar-refractivity contribution in [3.05, 3.63) is 59.1 Å². The van der Waals surface area contributed by atoms with Crippen molar-refractivity contribution in [1.82, 2.24) is 5.32 Å². The quantitative estimate of drug-likeness (QED) is 0.696. The molecule has 0 bridgehead atoms. The zero-order chi connectivity index (χ0) is 20.1. The van der Waals surface area contributed by atoms with Crippen LogP contribution in [-0.4, -0.2) is 39.3 Å². The van der Waals surface area contributed by atoms with Gasteiger partial charge >= 0.3 is 0 Å². The summed E-state index contributed by atoms with van der Waals surface area (Å²) in [5, 5.41) is 3.54. The van der Waals surface area contributed by atoms with Gasteiger partial charge in [-0.05, 0) is 49.6 Å². The van der Waals surface area contributed by atoms with Crippen molar-refractivity contribution in [2.24, 2.45) is 0 Å². The molecule has 0 saturated carbocycles. The summed E-state index contributed by atoms with van der Waals surface area (Å²) >= 11 is 5.87. The van der Waals surface area contributed by atoms with E-state index >= 15 is 0 Å². The fraction of sp³-hybridized carbons (Fsp3) is 0.350. The molecule has 8 heteroatoms. The predicted molar refractivity (Wildman–Crippen MR) is 110 cm³/mol. The summed E-state index contributed by atoms with van der Waals surface area (Å²) in [5.74, 6) is 0.0329. The van der Waals surface area contributed by atoms with E-state index in [0.29, 0.717) is 23.0 Å². The molecule has 150 valence electrons. The number of amides is 1. The molecule has 6 nitrogen and oxygen atoms in total. The Morgan fingerprint density at radius 1 is 1.21 bits per heavy atom. The molecule has 2 aromatic rings. The Bertz CT molecular complexity index is 931. The van der Waals surface area contributed by atoms with E-state index in [4.69, 9.17) is 16.3 Å². The maximum Gasteiger partial charge on any atom is 0.263 e. The first-order chi connectivity index (χ1) is 13.4. The third-order valence-electron chi connectivity index (χ3n) is 4.58. The van der Waals surface area contributed by atoms with E-state index in [-0.39, 0.29) is 18.2 Å². The second kappa shape index (κ2) is 8.84. The SMILES string of the molecule is CCS(=O)(=O)N1C[C@@H](C(=O)NCCCc2ccc(Cl)cc2)Oc2ccccc21. The van der Waals surface area contributed by atoms with Gasteiger partial charge in [-0.2, -0.15) is 0 Å². The second-order valence-corrected chi connectivity index (χ2v) is 9.15. The summed E-state index contributed by atoms with van der Waals surface area (Å²) in [5.41, 5.74) is 1.61. The number of carbonyl (C=O) groups is 1. The summed E-state index contributed by atoms with van der Waals surface area (Å²) in [6.45, 7) is 2.03. The third kappa shape index (κ3) is 4.77. The molecular weight excluding hydrogens is 400 g/mol. The lowest BCUT2D eigenvalue weighted by Gasteiger charge is -2.34. The molecule has 0 fully saturated rings. The number of hydrogen-bond donors (Lipinski definition) is 1. The Morgan fingerprint density at radius 3 is 2.64 bits per heavy atom. The van der Waals surface area contributed by atoms with Gasteiger partial charge in [-0.15, -0.1) is 0 Å². The van der Waals surface area contributed by atoms with Gasteiger partial charge in [-0.1, -0.05) is 35.9 Å². The molecule has 0 aromatic heterocycles. The Morgan fingerprint density at radius 2 is 1.93 bits per heavy atom. The molecule has 1 heterocycles. The highest BCUT2D eigenvalue weighted by molar-refractivity contribution is 7.92. The molecule has 1 amide bonds. The maximum atomic E-state index is 12.5. The van der Waals surface area contributed by atoms with E-state index in [1.165, 1.54) is 4.31 Å². The van der Waals surface area contributed by atoms with Crippen LogP contribution >= 0.6 is 11.6 Å². The van der Waals surface area contributed by atoms with Crippen LogP contribution < -0.4 is 14.4 Å². The summed E-state index contributed by atoms with van der Waals surface area (Å²) in [6.07, 6.45) is 0.683. The van der Waals surface area contributed by atoms with Crippen LogP contribution in [0.4, 0.5) is 5.69 Å². The fourth-order valence-electron chi connectivity index (χ4n) is 3.03. The minimum atomic E-state index is -3.50. The van der Waals surface area contributed by atoms with Crippen LogP contribution in [0, 0.1) is 0 Å². The van der Waals surface area contributed by atoms with Gasteiger partial charge in [0.1, 0.15) is 5.75 Å². The van der Waals surface area contributed by atoms with Crippen LogP contribution in [0.3, 0.4) is 0 Å². The number of carbonyl (C=O) groups excluding carboxylic acids is 1. The van der Waals surface area contributed by atoms with Gasteiger partial charge in [-0.3, -0.25) is 9.10 Å². The fourth-order valence-corrected chi connectivity index (χ4v) is 4.28. The van der Waals surface area contributed by atoms with Crippen molar-refractivity contribution in [3.63, 3.8) is 0 Å². The number of nitrogens with zero attached hydrogens (tertiary/aromatic N) is 1. The van der Waals surface area contributed by atoms with E-state index in [1.807, 2.05) is 24.3 Å². The van der Waals surface area contributed by atoms with E-state index in [2.05, 4.69) is 5.32 Å². The minimum Gasteiger partial charge on any atom is -0.476 e. The number of nitrogens with one attached hydrogen (secondary N) is 1. The second-order valence-electron chi connectivity index (χ2n) is 6.53. The van der Waals surface area contributed by atoms with Gasteiger partial charge in [0.2, 0.25) is 10.0 Å². The molecule has 0 radical (unpaired) electrons. The normalized spacial score (nSPS) is 16.2. The van der Waals surface area contributed by atoms with Crippen molar-refractivity contribution >= 4 is 33.2 Å². The van der Waals surface area contributed by atoms with E-state index in [1.54, 1.807) is 31.2 Å². The first kappa shape index (κ1) is 20.5. The Balaban J connectivity index is 1.60. The topological polar surface area (TPSA) is 75.7 Å². The minimum absolute atomic E-state index is 0.0315. The number of halogens is 1. The summed E-state index contributed by atoms with van der Waals surface area (Å²) in [6, 6.07) is 14.4. The van der Waals surface area contributed by atoms with Crippen LogP contribution in [0.1, 0.15) is 18.9 Å². The highest BCUT2D eigenvalue weighted by Gasteiger charge is 2.35. The molecule has 1 atom stereocenters. The Hall–Kier alpha value is -2.25. The number of hydrogen-bond acceptors (Lipinski definition) is 4. The lowest BCUT2D eigenvalue weighted by atomic mass is 10.1. The largest absolute Gasteiger partial charge is 0.476 e. The lowest BCUT2D eigenvalue weighted by Crippen LogP contribution is -2.51. The highest BCUT2D eigenvalue weighted by atomic mass is 35.5. The summed E-state index contributed by atoms with van der Waals surface area (Å²) in [4.78, 5) is 12.5. The molecular formula is C20H23ClN2O4S. The van der Waals surface area contributed by atoms with Crippen molar-refractivity contribution < 1.29 is 17.9 Å². The number of anilines is 1. The van der Waals surface area contributed by atoms with Crippen molar-refractivity contribution in [3.8, 4) is 5.75 Å². The number of fused-ring (bicyclic) bond motifs is 1. The zero-order valence-corrected chi connectivity index (χ0v) is 17.2.